The Morgan fingerprint density at radius 1 is 0.771 bits per heavy atom. The van der Waals surface area contributed by atoms with Gasteiger partial charge in [0.05, 0.1) is 48.6 Å². The van der Waals surface area contributed by atoms with Crippen molar-refractivity contribution >= 4 is 30.4 Å². The fourth-order valence-electron chi connectivity index (χ4n) is 8.14. The molecule has 0 bridgehead atoms. The highest BCUT2D eigenvalue weighted by molar-refractivity contribution is 7.00. The highest BCUT2D eigenvalue weighted by Crippen LogP contribution is 2.39. The smallest absolute Gasteiger partial charge is 0.323 e. The molecule has 48 heavy (non-hydrogen) atoms. The molecule has 8 heteroatoms. The molecule has 3 saturated heterocycles. The van der Waals surface area contributed by atoms with E-state index in [1.54, 1.807) is 0 Å². The number of rotatable bonds is 13. The maximum atomic E-state index is 14.0. The molecule has 10 atom stereocenters. The molecule has 7 nitrogen and oxygen atoms in total. The summed E-state index contributed by atoms with van der Waals surface area (Å²) >= 11 is 0. The first kappa shape index (κ1) is 36.9. The van der Waals surface area contributed by atoms with Crippen LogP contribution in [0.25, 0.3) is 0 Å². The van der Waals surface area contributed by atoms with E-state index in [-0.39, 0.29) is 65.3 Å². The standard InChI is InChI=1S/C40H58O7Si/c1-26-18-21-36(44-26)27(2)34(41)24-30-19-22-37(45-30)28(3)35(42)25-31-20-23-38(46-31)29(4)39(43)47-48(40(5,6)7,32-14-10-8-11-15-32)33-16-12-9-13-17-33/h8-17,26-31,34,36-38,41H,18-25H2,1-7H3/t26-,27-,28+,29+,30+,31+,34-,36+,37-,38+/m1/s1. The van der Waals surface area contributed by atoms with E-state index >= 15 is 0 Å². The van der Waals surface area contributed by atoms with E-state index in [9.17, 15) is 14.7 Å². The van der Waals surface area contributed by atoms with Gasteiger partial charge in [-0.05, 0) is 74.2 Å². The van der Waals surface area contributed by atoms with E-state index in [0.717, 1.165) is 42.5 Å². The van der Waals surface area contributed by atoms with Gasteiger partial charge in [0.1, 0.15) is 5.78 Å². The second-order valence-corrected chi connectivity index (χ2v) is 20.0. The number of aliphatic hydroxyl groups excluding tert-OH is 1. The number of carbonyl (C=O) groups is 2. The Labute approximate surface area is 289 Å². The predicted molar refractivity (Wildman–Crippen MR) is 191 cm³/mol. The van der Waals surface area contributed by atoms with Gasteiger partial charge in [0.25, 0.3) is 5.97 Å². The Bertz CT molecular complexity index is 1300. The predicted octanol–water partition coefficient (Wildman–Crippen LogP) is 6.37. The highest BCUT2D eigenvalue weighted by atomic mass is 28.4. The second-order valence-electron chi connectivity index (χ2n) is 15.8. The van der Waals surface area contributed by atoms with Crippen molar-refractivity contribution in [1.29, 1.82) is 0 Å². The van der Waals surface area contributed by atoms with Gasteiger partial charge in [0.2, 0.25) is 0 Å². The Kier molecular flexibility index (Phi) is 12.1. The van der Waals surface area contributed by atoms with Crippen LogP contribution in [0.15, 0.2) is 60.7 Å². The maximum absolute atomic E-state index is 14.0. The molecule has 3 aliphatic rings. The van der Waals surface area contributed by atoms with Crippen molar-refractivity contribution < 1.29 is 33.3 Å². The van der Waals surface area contributed by atoms with Crippen LogP contribution in [0.4, 0.5) is 0 Å². The molecule has 2 aromatic carbocycles. The summed E-state index contributed by atoms with van der Waals surface area (Å²) in [6, 6.07) is 20.4. The van der Waals surface area contributed by atoms with Crippen molar-refractivity contribution in [3.8, 4) is 0 Å². The molecule has 0 aliphatic carbocycles. The summed E-state index contributed by atoms with van der Waals surface area (Å²) in [4.78, 5) is 27.5. The molecule has 1 N–H and O–H groups in total. The molecule has 3 fully saturated rings. The second kappa shape index (κ2) is 15.7. The van der Waals surface area contributed by atoms with Crippen LogP contribution >= 0.6 is 0 Å². The average molecular weight is 679 g/mol. The summed E-state index contributed by atoms with van der Waals surface area (Å²) in [5, 5.41) is 12.7. The van der Waals surface area contributed by atoms with Gasteiger partial charge in [-0.25, -0.2) is 0 Å². The summed E-state index contributed by atoms with van der Waals surface area (Å²) < 4.78 is 25.5. The molecule has 0 amide bonds. The van der Waals surface area contributed by atoms with Gasteiger partial charge in [0.15, 0.2) is 0 Å². The van der Waals surface area contributed by atoms with Crippen molar-refractivity contribution in [3.05, 3.63) is 60.7 Å². The van der Waals surface area contributed by atoms with Gasteiger partial charge >= 0.3 is 8.32 Å². The Hall–Kier alpha value is -2.36. The number of ketones is 1. The molecule has 0 spiro atoms. The zero-order chi connectivity index (χ0) is 34.6. The van der Waals surface area contributed by atoms with E-state index in [1.165, 1.54) is 0 Å². The third kappa shape index (κ3) is 8.15. The van der Waals surface area contributed by atoms with E-state index in [0.29, 0.717) is 19.3 Å². The van der Waals surface area contributed by atoms with Crippen LogP contribution in [0.1, 0.15) is 99.8 Å². The SMILES string of the molecule is C[C@H]([C@H](O)C[C@@H]1CC[C@H]([C@@H](C)C(=O)C[C@@H]2CC[C@@H]([C@H](C)C(=O)O[Si](c3ccccc3)(c3ccccc3)C(C)(C)C)O2)O1)[C@@H]1CC[C@@H](C)O1. The van der Waals surface area contributed by atoms with Crippen LogP contribution in [-0.4, -0.2) is 67.9 Å². The zero-order valence-corrected chi connectivity index (χ0v) is 31.1. The largest absolute Gasteiger partial charge is 0.509 e. The first-order valence-corrected chi connectivity index (χ1v) is 20.2. The minimum atomic E-state index is -3.03. The van der Waals surface area contributed by atoms with Crippen molar-refractivity contribution in [2.75, 3.05) is 0 Å². The lowest BCUT2D eigenvalue weighted by molar-refractivity contribution is -0.144. The van der Waals surface area contributed by atoms with E-state index < -0.39 is 20.3 Å². The van der Waals surface area contributed by atoms with Gasteiger partial charge in [-0.1, -0.05) is 95.3 Å². The third-order valence-corrected chi connectivity index (χ3v) is 16.3. The molecule has 0 unspecified atom stereocenters. The van der Waals surface area contributed by atoms with Gasteiger partial charge in [-0.2, -0.15) is 0 Å². The molecule has 3 aliphatic heterocycles. The third-order valence-electron chi connectivity index (χ3n) is 11.3. The number of aliphatic hydroxyl groups is 1. The van der Waals surface area contributed by atoms with Crippen LogP contribution in [0.2, 0.25) is 5.04 Å². The first-order valence-electron chi connectivity index (χ1n) is 18.3. The van der Waals surface area contributed by atoms with Crippen molar-refractivity contribution in [3.63, 3.8) is 0 Å². The summed E-state index contributed by atoms with van der Waals surface area (Å²) in [7, 11) is -3.03. The van der Waals surface area contributed by atoms with Gasteiger partial charge in [-0.15, -0.1) is 0 Å². The number of hydrogen-bond acceptors (Lipinski definition) is 7. The lowest BCUT2D eigenvalue weighted by Gasteiger charge is -2.42. The molecule has 2 aromatic rings. The fourth-order valence-corrected chi connectivity index (χ4v) is 12.6. The topological polar surface area (TPSA) is 91.3 Å². The molecule has 0 radical (unpaired) electrons. The van der Waals surface area contributed by atoms with Gasteiger partial charge < -0.3 is 23.7 Å². The van der Waals surface area contributed by atoms with Gasteiger partial charge in [0, 0.05) is 18.3 Å². The van der Waals surface area contributed by atoms with E-state index in [2.05, 4.69) is 58.9 Å². The lowest BCUT2D eigenvalue weighted by Crippen LogP contribution is -2.67. The molecule has 5 rings (SSSR count). The monoisotopic (exact) mass is 678 g/mol. The van der Waals surface area contributed by atoms with Crippen LogP contribution in [0.3, 0.4) is 0 Å². The molecule has 0 saturated carbocycles. The van der Waals surface area contributed by atoms with Crippen LogP contribution in [0.5, 0.6) is 0 Å². The molecule has 264 valence electrons. The normalized spacial score (nSPS) is 28.9. The van der Waals surface area contributed by atoms with Crippen molar-refractivity contribution in [2.24, 2.45) is 17.8 Å². The summed E-state index contributed by atoms with van der Waals surface area (Å²) in [5.74, 6) is -0.757. The summed E-state index contributed by atoms with van der Waals surface area (Å²) in [6.45, 7) is 14.5. The quantitative estimate of drug-likeness (QED) is 0.246. The Balaban J connectivity index is 1.15. The fraction of sp³-hybridized carbons (Fsp3) is 0.650. The molecule has 0 aromatic heterocycles. The van der Waals surface area contributed by atoms with Gasteiger partial charge in [-0.3, -0.25) is 9.59 Å². The Morgan fingerprint density at radius 2 is 1.29 bits per heavy atom. The zero-order valence-electron chi connectivity index (χ0n) is 30.1. The van der Waals surface area contributed by atoms with E-state index in [1.807, 2.05) is 50.2 Å². The Morgan fingerprint density at radius 3 is 1.83 bits per heavy atom. The maximum Gasteiger partial charge on any atom is 0.323 e. The highest BCUT2D eigenvalue weighted by Gasteiger charge is 2.54. The molecular formula is C40H58O7Si. The van der Waals surface area contributed by atoms with Crippen LogP contribution in [0, 0.1) is 17.8 Å². The minimum absolute atomic E-state index is 0.0453. The van der Waals surface area contributed by atoms with Crippen LogP contribution < -0.4 is 10.4 Å². The number of Topliss-reactive ketones (excluding diaryl/α,β-unsaturated/α-hetero) is 1. The summed E-state index contributed by atoms with van der Waals surface area (Å²) in [6.07, 6.45) is 5.19. The van der Waals surface area contributed by atoms with Crippen molar-refractivity contribution in [1.82, 2.24) is 0 Å². The first-order chi connectivity index (χ1) is 22.8. The van der Waals surface area contributed by atoms with E-state index in [4.69, 9.17) is 18.6 Å². The lowest BCUT2D eigenvalue weighted by atomic mass is 9.91. The number of ether oxygens (including phenoxy) is 3. The number of benzene rings is 2. The molecular weight excluding hydrogens is 621 g/mol. The number of hydrogen-bond donors (Lipinski definition) is 1. The van der Waals surface area contributed by atoms with Crippen LogP contribution in [-0.2, 0) is 28.2 Å². The molecule has 3 heterocycles. The minimum Gasteiger partial charge on any atom is -0.509 e. The number of carbonyl (C=O) groups excluding carboxylic acids is 2. The van der Waals surface area contributed by atoms with Crippen molar-refractivity contribution in [2.45, 2.75) is 148 Å². The summed E-state index contributed by atoms with van der Waals surface area (Å²) in [5.41, 5.74) is 0. The average Bonchev–Trinajstić information content (AvgIpc) is 3.84.